The van der Waals surface area contributed by atoms with Crippen LogP contribution in [-0.4, -0.2) is 13.8 Å². The van der Waals surface area contributed by atoms with E-state index < -0.39 is 8.07 Å². The Morgan fingerprint density at radius 1 is 1.31 bits per heavy atom. The summed E-state index contributed by atoms with van der Waals surface area (Å²) in [5.74, 6) is 2.00. The summed E-state index contributed by atoms with van der Waals surface area (Å²) >= 11 is 5.15. The number of halogens is 2. The normalized spacial score (nSPS) is 11.8. The van der Waals surface area contributed by atoms with Gasteiger partial charge in [0.05, 0.1) is 4.47 Å². The van der Waals surface area contributed by atoms with Crippen molar-refractivity contribution in [1.82, 2.24) is 0 Å². The zero-order valence-electron chi connectivity index (χ0n) is 10.0. The molecule has 0 aliphatic heterocycles. The summed E-state index contributed by atoms with van der Waals surface area (Å²) in [4.78, 5) is 0. The van der Waals surface area contributed by atoms with E-state index in [-0.39, 0.29) is 5.82 Å². The highest BCUT2D eigenvalue weighted by molar-refractivity contribution is 9.10. The van der Waals surface area contributed by atoms with Crippen molar-refractivity contribution in [3.63, 3.8) is 0 Å². The second-order valence-corrected chi connectivity index (χ2v) is 12.7. The van der Waals surface area contributed by atoms with Crippen LogP contribution >= 0.6 is 27.7 Å². The van der Waals surface area contributed by atoms with Gasteiger partial charge in [-0.25, -0.2) is 4.39 Å². The molecule has 0 radical (unpaired) electrons. The predicted molar refractivity (Wildman–Crippen MR) is 78.4 cm³/mol. The lowest BCUT2D eigenvalue weighted by atomic mass is 10.2. The molecule has 1 aromatic carbocycles. The van der Waals surface area contributed by atoms with Gasteiger partial charge in [0.1, 0.15) is 5.82 Å². The molecule has 90 valence electrons. The van der Waals surface area contributed by atoms with Crippen LogP contribution in [-0.2, 0) is 5.75 Å². The molecular formula is C12H18BrFSSi. The average molecular weight is 321 g/mol. The second kappa shape index (κ2) is 6.22. The lowest BCUT2D eigenvalue weighted by molar-refractivity contribution is 0.620. The fourth-order valence-corrected chi connectivity index (χ4v) is 5.21. The highest BCUT2D eigenvalue weighted by Crippen LogP contribution is 2.22. The summed E-state index contributed by atoms with van der Waals surface area (Å²) in [6.07, 6.45) is 0. The Labute approximate surface area is 111 Å². The molecule has 0 unspecified atom stereocenters. The van der Waals surface area contributed by atoms with Crippen molar-refractivity contribution in [2.24, 2.45) is 0 Å². The largest absolute Gasteiger partial charge is 0.206 e. The van der Waals surface area contributed by atoms with Gasteiger partial charge in [-0.1, -0.05) is 25.7 Å². The molecule has 0 saturated heterocycles. The molecule has 0 N–H and O–H groups in total. The summed E-state index contributed by atoms with van der Waals surface area (Å²) < 4.78 is 13.6. The molecule has 1 aromatic rings. The summed E-state index contributed by atoms with van der Waals surface area (Å²) in [6, 6.07) is 6.61. The van der Waals surface area contributed by atoms with Gasteiger partial charge in [0.25, 0.3) is 0 Å². The number of hydrogen-bond acceptors (Lipinski definition) is 1. The van der Waals surface area contributed by atoms with E-state index in [1.807, 2.05) is 23.9 Å². The van der Waals surface area contributed by atoms with Crippen molar-refractivity contribution >= 4 is 35.8 Å². The van der Waals surface area contributed by atoms with Gasteiger partial charge in [0.2, 0.25) is 0 Å². The smallest absolute Gasteiger partial charge is 0.137 e. The molecule has 0 bridgehead atoms. The third kappa shape index (κ3) is 5.50. The zero-order chi connectivity index (χ0) is 12.2. The van der Waals surface area contributed by atoms with Gasteiger partial charge in [-0.2, -0.15) is 11.8 Å². The topological polar surface area (TPSA) is 0 Å². The van der Waals surface area contributed by atoms with Crippen molar-refractivity contribution in [2.45, 2.75) is 31.4 Å². The molecule has 0 nitrogen and oxygen atoms in total. The molecule has 0 heterocycles. The summed E-state index contributed by atoms with van der Waals surface area (Å²) in [7, 11) is -0.905. The van der Waals surface area contributed by atoms with E-state index in [1.54, 1.807) is 0 Å². The Balaban J connectivity index is 2.35. The van der Waals surface area contributed by atoms with Crippen molar-refractivity contribution in [2.75, 3.05) is 5.75 Å². The SMILES string of the molecule is C[Si](C)(C)CCSCc1ccc(F)c(Br)c1. The Kier molecular flexibility index (Phi) is 5.54. The fourth-order valence-electron chi connectivity index (χ4n) is 1.20. The number of rotatable bonds is 5. The van der Waals surface area contributed by atoms with Gasteiger partial charge in [-0.3, -0.25) is 0 Å². The summed E-state index contributed by atoms with van der Waals surface area (Å²) in [6.45, 7) is 7.17. The highest BCUT2D eigenvalue weighted by atomic mass is 79.9. The monoisotopic (exact) mass is 320 g/mol. The molecular weight excluding hydrogens is 303 g/mol. The Morgan fingerprint density at radius 2 is 2.00 bits per heavy atom. The van der Waals surface area contributed by atoms with Gasteiger partial charge in [-0.05, 0) is 45.4 Å². The fraction of sp³-hybridized carbons (Fsp3) is 0.500. The molecule has 1 rings (SSSR count). The van der Waals surface area contributed by atoms with Crippen molar-refractivity contribution in [3.8, 4) is 0 Å². The summed E-state index contributed by atoms with van der Waals surface area (Å²) in [5, 5.41) is 0. The van der Waals surface area contributed by atoms with Crippen molar-refractivity contribution in [3.05, 3.63) is 34.1 Å². The number of benzene rings is 1. The van der Waals surface area contributed by atoms with Crippen LogP contribution in [0.4, 0.5) is 4.39 Å². The van der Waals surface area contributed by atoms with E-state index in [1.165, 1.54) is 23.4 Å². The third-order valence-electron chi connectivity index (χ3n) is 2.25. The molecule has 16 heavy (non-hydrogen) atoms. The standard InChI is InChI=1S/C12H18BrFSSi/c1-16(2,3)7-6-15-9-10-4-5-12(14)11(13)8-10/h4-5,8H,6-7,9H2,1-3H3. The van der Waals surface area contributed by atoms with Crippen LogP contribution in [0.25, 0.3) is 0 Å². The molecule has 0 spiro atoms. The van der Waals surface area contributed by atoms with Crippen LogP contribution in [0.15, 0.2) is 22.7 Å². The van der Waals surface area contributed by atoms with E-state index in [2.05, 4.69) is 35.6 Å². The summed E-state index contributed by atoms with van der Waals surface area (Å²) in [5.41, 5.74) is 1.19. The maximum Gasteiger partial charge on any atom is 0.137 e. The molecule has 0 amide bonds. The van der Waals surface area contributed by atoms with Gasteiger partial charge < -0.3 is 0 Å². The van der Waals surface area contributed by atoms with E-state index in [9.17, 15) is 4.39 Å². The first-order valence-corrected chi connectivity index (χ1v) is 11.1. The average Bonchev–Trinajstić information content (AvgIpc) is 2.17. The number of thioether (sulfide) groups is 1. The van der Waals surface area contributed by atoms with Gasteiger partial charge in [-0.15, -0.1) is 0 Å². The molecule has 0 saturated carbocycles. The van der Waals surface area contributed by atoms with Crippen LogP contribution in [0.3, 0.4) is 0 Å². The Hall–Kier alpha value is 0.197. The van der Waals surface area contributed by atoms with Crippen LogP contribution in [0.2, 0.25) is 25.7 Å². The van der Waals surface area contributed by atoms with Gasteiger partial charge >= 0.3 is 0 Å². The highest BCUT2D eigenvalue weighted by Gasteiger charge is 2.11. The molecule has 4 heteroatoms. The van der Waals surface area contributed by atoms with E-state index >= 15 is 0 Å². The lowest BCUT2D eigenvalue weighted by Gasteiger charge is -2.14. The van der Waals surface area contributed by atoms with E-state index in [0.717, 1.165) is 5.75 Å². The van der Waals surface area contributed by atoms with Crippen LogP contribution in [0.1, 0.15) is 5.56 Å². The third-order valence-corrected chi connectivity index (χ3v) is 6.00. The molecule has 0 aliphatic rings. The Bertz CT molecular complexity index is 349. The predicted octanol–water partition coefficient (Wildman–Crippen LogP) is 5.16. The van der Waals surface area contributed by atoms with Crippen LogP contribution in [0, 0.1) is 5.82 Å². The van der Waals surface area contributed by atoms with E-state index in [4.69, 9.17) is 0 Å². The maximum absolute atomic E-state index is 13.0. The van der Waals surface area contributed by atoms with E-state index in [0.29, 0.717) is 4.47 Å². The zero-order valence-corrected chi connectivity index (χ0v) is 13.4. The minimum Gasteiger partial charge on any atom is -0.206 e. The van der Waals surface area contributed by atoms with Crippen molar-refractivity contribution in [1.29, 1.82) is 0 Å². The first kappa shape index (κ1) is 14.3. The molecule has 0 fully saturated rings. The van der Waals surface area contributed by atoms with Crippen LogP contribution in [0.5, 0.6) is 0 Å². The molecule has 0 aliphatic carbocycles. The van der Waals surface area contributed by atoms with Gasteiger partial charge in [0, 0.05) is 13.8 Å². The maximum atomic E-state index is 13.0. The van der Waals surface area contributed by atoms with Crippen molar-refractivity contribution < 1.29 is 4.39 Å². The molecule has 0 atom stereocenters. The first-order valence-electron chi connectivity index (χ1n) is 5.40. The van der Waals surface area contributed by atoms with Gasteiger partial charge in [0.15, 0.2) is 0 Å². The quantitative estimate of drug-likeness (QED) is 0.533. The Morgan fingerprint density at radius 3 is 2.56 bits per heavy atom. The minimum absolute atomic E-state index is 0.184. The molecule has 0 aromatic heterocycles. The second-order valence-electron chi connectivity index (χ2n) is 5.11. The first-order chi connectivity index (χ1) is 7.38. The number of hydrogen-bond donors (Lipinski definition) is 0. The van der Waals surface area contributed by atoms with Crippen LogP contribution < -0.4 is 0 Å². The minimum atomic E-state index is -0.905. The lowest BCUT2D eigenvalue weighted by Crippen LogP contribution is -2.19.